The first-order valence-corrected chi connectivity index (χ1v) is 4.87. The molecule has 2 amide bonds. The third-order valence-corrected chi connectivity index (χ3v) is 3.16. The largest absolute Gasteiger partial charge is 0.385 e. The maximum atomic E-state index is 11.4. The van der Waals surface area contributed by atoms with E-state index in [2.05, 4.69) is 4.99 Å². The zero-order valence-electron chi connectivity index (χ0n) is 8.32. The molecule has 0 saturated carbocycles. The molecule has 0 aromatic carbocycles. The van der Waals surface area contributed by atoms with E-state index in [1.54, 1.807) is 11.9 Å². The molecule has 0 aromatic heterocycles. The van der Waals surface area contributed by atoms with Crippen LogP contribution in [0.2, 0.25) is 0 Å². The number of carbonyl (C=O) groups is 1. The second-order valence-electron chi connectivity index (χ2n) is 3.84. The number of aliphatic imine (C=N–C) groups is 1. The monoisotopic (exact) mass is 197 g/mol. The van der Waals surface area contributed by atoms with E-state index in [1.165, 1.54) is 0 Å². The Balaban J connectivity index is 2.28. The van der Waals surface area contributed by atoms with Crippen molar-refractivity contribution in [3.63, 3.8) is 0 Å². The Labute approximate surface area is 82.9 Å². The number of urea groups is 1. The Kier molecular flexibility index (Phi) is 2.19. The van der Waals surface area contributed by atoms with E-state index >= 15 is 0 Å². The molecule has 2 rings (SSSR count). The van der Waals surface area contributed by atoms with E-state index in [9.17, 15) is 4.79 Å². The topological polar surface area (TPSA) is 67.9 Å². The minimum Gasteiger partial charge on any atom is -0.385 e. The molecule has 1 atom stereocenters. The maximum absolute atomic E-state index is 11.4. The first-order chi connectivity index (χ1) is 6.67. The first kappa shape index (κ1) is 9.45. The molecule has 1 fully saturated rings. The zero-order chi connectivity index (χ0) is 10.2. The second kappa shape index (κ2) is 3.24. The molecule has 1 saturated heterocycles. The standard InChI is InChI=1S/C9H15N3O2/c1-12-8(13)11-7(10)9(12)3-2-5-14-6-4-9/h2-6H2,1H3,(H2,10,11,13). The molecule has 0 aliphatic carbocycles. The van der Waals surface area contributed by atoms with Gasteiger partial charge in [-0.05, 0) is 12.8 Å². The molecule has 5 heteroatoms. The lowest BCUT2D eigenvalue weighted by molar-refractivity contribution is 0.131. The number of amides is 2. The van der Waals surface area contributed by atoms with Gasteiger partial charge in [0.2, 0.25) is 0 Å². The summed E-state index contributed by atoms with van der Waals surface area (Å²) in [6, 6.07) is -0.232. The number of hydrogen-bond donors (Lipinski definition) is 1. The van der Waals surface area contributed by atoms with Crippen LogP contribution in [0.5, 0.6) is 0 Å². The molecule has 78 valence electrons. The number of amidine groups is 1. The van der Waals surface area contributed by atoms with Crippen LogP contribution in [0.1, 0.15) is 19.3 Å². The summed E-state index contributed by atoms with van der Waals surface area (Å²) in [7, 11) is 1.76. The van der Waals surface area contributed by atoms with Crippen LogP contribution >= 0.6 is 0 Å². The Bertz CT molecular complexity index is 280. The molecular formula is C9H15N3O2. The van der Waals surface area contributed by atoms with E-state index < -0.39 is 0 Å². The van der Waals surface area contributed by atoms with Gasteiger partial charge in [0, 0.05) is 26.7 Å². The summed E-state index contributed by atoms with van der Waals surface area (Å²) < 4.78 is 5.36. The molecular weight excluding hydrogens is 182 g/mol. The van der Waals surface area contributed by atoms with Crippen molar-refractivity contribution in [2.24, 2.45) is 10.7 Å². The summed E-state index contributed by atoms with van der Waals surface area (Å²) in [5.41, 5.74) is 5.46. The van der Waals surface area contributed by atoms with E-state index in [0.29, 0.717) is 12.4 Å². The Hall–Kier alpha value is -1.10. The van der Waals surface area contributed by atoms with Crippen LogP contribution in [-0.2, 0) is 4.74 Å². The third-order valence-electron chi connectivity index (χ3n) is 3.16. The number of ether oxygens (including phenoxy) is 1. The first-order valence-electron chi connectivity index (χ1n) is 4.87. The van der Waals surface area contributed by atoms with Gasteiger partial charge in [-0.3, -0.25) is 0 Å². The summed E-state index contributed by atoms with van der Waals surface area (Å²) in [6.45, 7) is 1.39. The van der Waals surface area contributed by atoms with Gasteiger partial charge in [0.05, 0.1) is 0 Å². The number of nitrogens with two attached hydrogens (primary N) is 1. The highest BCUT2D eigenvalue weighted by Crippen LogP contribution is 2.31. The highest BCUT2D eigenvalue weighted by atomic mass is 16.5. The maximum Gasteiger partial charge on any atom is 0.345 e. The molecule has 0 bridgehead atoms. The van der Waals surface area contributed by atoms with Crippen LogP contribution in [0.3, 0.4) is 0 Å². The van der Waals surface area contributed by atoms with Gasteiger partial charge in [-0.15, -0.1) is 0 Å². The van der Waals surface area contributed by atoms with E-state index in [0.717, 1.165) is 25.9 Å². The summed E-state index contributed by atoms with van der Waals surface area (Å²) in [4.78, 5) is 16.9. The minimum absolute atomic E-state index is 0.232. The molecule has 0 radical (unpaired) electrons. The quantitative estimate of drug-likeness (QED) is 0.609. The van der Waals surface area contributed by atoms with Gasteiger partial charge in [0.1, 0.15) is 11.4 Å². The fourth-order valence-corrected chi connectivity index (χ4v) is 2.16. The van der Waals surface area contributed by atoms with Gasteiger partial charge >= 0.3 is 6.03 Å². The van der Waals surface area contributed by atoms with Crippen LogP contribution in [0.25, 0.3) is 0 Å². The molecule has 2 heterocycles. The van der Waals surface area contributed by atoms with Gasteiger partial charge in [0.15, 0.2) is 0 Å². The molecule has 1 spiro atoms. The van der Waals surface area contributed by atoms with Crippen LogP contribution in [0.4, 0.5) is 4.79 Å². The van der Waals surface area contributed by atoms with Crippen LogP contribution < -0.4 is 5.73 Å². The molecule has 2 aliphatic heterocycles. The van der Waals surface area contributed by atoms with E-state index in [-0.39, 0.29) is 11.6 Å². The normalized spacial score (nSPS) is 33.4. The van der Waals surface area contributed by atoms with Crippen molar-refractivity contribution in [1.82, 2.24) is 4.90 Å². The Morgan fingerprint density at radius 1 is 1.50 bits per heavy atom. The van der Waals surface area contributed by atoms with Crippen LogP contribution in [0.15, 0.2) is 4.99 Å². The highest BCUT2D eigenvalue weighted by molar-refractivity contribution is 6.05. The lowest BCUT2D eigenvalue weighted by Gasteiger charge is -2.34. The number of likely N-dealkylation sites (N-methyl/N-ethyl adjacent to an activating group) is 1. The molecule has 5 nitrogen and oxygen atoms in total. The van der Waals surface area contributed by atoms with Gasteiger partial charge in [0.25, 0.3) is 0 Å². The molecule has 0 aromatic rings. The predicted molar refractivity (Wildman–Crippen MR) is 52.2 cm³/mol. The van der Waals surface area contributed by atoms with Crippen molar-refractivity contribution in [2.45, 2.75) is 24.8 Å². The SMILES string of the molecule is CN1C(=O)N=C(N)C12CCCOCC2. The van der Waals surface area contributed by atoms with Gasteiger partial charge in [-0.2, -0.15) is 4.99 Å². The average Bonchev–Trinajstić information content (AvgIpc) is 2.38. The average molecular weight is 197 g/mol. The van der Waals surface area contributed by atoms with Gasteiger partial charge in [-0.25, -0.2) is 4.79 Å². The Morgan fingerprint density at radius 3 is 2.93 bits per heavy atom. The number of carbonyl (C=O) groups excluding carboxylic acids is 1. The van der Waals surface area contributed by atoms with Crippen molar-refractivity contribution in [1.29, 1.82) is 0 Å². The fraction of sp³-hybridized carbons (Fsp3) is 0.778. The lowest BCUT2D eigenvalue weighted by atomic mass is 9.89. The molecule has 1 unspecified atom stereocenters. The molecule has 14 heavy (non-hydrogen) atoms. The third kappa shape index (κ3) is 1.19. The van der Waals surface area contributed by atoms with E-state index in [4.69, 9.17) is 10.5 Å². The smallest absolute Gasteiger partial charge is 0.345 e. The van der Waals surface area contributed by atoms with Crippen molar-refractivity contribution in [2.75, 3.05) is 20.3 Å². The summed E-state index contributed by atoms with van der Waals surface area (Å²) in [6.07, 6.45) is 2.53. The van der Waals surface area contributed by atoms with Gasteiger partial charge < -0.3 is 15.4 Å². The van der Waals surface area contributed by atoms with E-state index in [1.807, 2.05) is 0 Å². The van der Waals surface area contributed by atoms with Crippen molar-refractivity contribution in [3.05, 3.63) is 0 Å². The fourth-order valence-electron chi connectivity index (χ4n) is 2.16. The highest BCUT2D eigenvalue weighted by Gasteiger charge is 2.46. The zero-order valence-corrected chi connectivity index (χ0v) is 8.32. The van der Waals surface area contributed by atoms with Crippen LogP contribution in [0, 0.1) is 0 Å². The predicted octanol–water partition coefficient (Wildman–Crippen LogP) is 0.348. The number of rotatable bonds is 0. The lowest BCUT2D eigenvalue weighted by Crippen LogP contribution is -2.52. The van der Waals surface area contributed by atoms with Crippen molar-refractivity contribution in [3.8, 4) is 0 Å². The second-order valence-corrected chi connectivity index (χ2v) is 3.84. The summed E-state index contributed by atoms with van der Waals surface area (Å²) in [5.74, 6) is 0.454. The number of nitrogens with zero attached hydrogens (tertiary/aromatic N) is 2. The van der Waals surface area contributed by atoms with Crippen molar-refractivity contribution < 1.29 is 9.53 Å². The van der Waals surface area contributed by atoms with Crippen molar-refractivity contribution >= 4 is 11.9 Å². The van der Waals surface area contributed by atoms with Gasteiger partial charge in [-0.1, -0.05) is 0 Å². The Morgan fingerprint density at radius 2 is 2.29 bits per heavy atom. The number of hydrogen-bond acceptors (Lipinski definition) is 3. The molecule has 2 N–H and O–H groups in total. The summed E-state index contributed by atoms with van der Waals surface area (Å²) >= 11 is 0. The summed E-state index contributed by atoms with van der Waals surface area (Å²) in [5, 5.41) is 0. The van der Waals surface area contributed by atoms with Crippen LogP contribution in [-0.4, -0.2) is 42.6 Å². The molecule has 2 aliphatic rings. The minimum atomic E-state index is -0.367.